The van der Waals surface area contributed by atoms with Crippen molar-refractivity contribution in [3.63, 3.8) is 0 Å². The van der Waals surface area contributed by atoms with E-state index in [1.165, 1.54) is 13.2 Å². The Kier molecular flexibility index (Phi) is 6.33. The number of hydrogen-bond donors (Lipinski definition) is 1. The molecular weight excluding hydrogens is 359 g/mol. The molecule has 0 spiro atoms. The zero-order chi connectivity index (χ0) is 19.3. The maximum absolute atomic E-state index is 14.1. The van der Waals surface area contributed by atoms with Gasteiger partial charge < -0.3 is 10.1 Å². The molecule has 0 heterocycles. The Hall–Kier alpha value is -2.45. The van der Waals surface area contributed by atoms with Crippen molar-refractivity contribution >= 4 is 21.6 Å². The first-order valence-corrected chi connectivity index (χ1v) is 9.52. The fourth-order valence-corrected chi connectivity index (χ4v) is 4.00. The molecule has 0 aliphatic rings. The molecule has 8 heteroatoms. The van der Waals surface area contributed by atoms with Crippen molar-refractivity contribution in [1.29, 1.82) is 0 Å². The average molecular weight is 380 g/mol. The number of amides is 1. The molecule has 0 saturated carbocycles. The van der Waals surface area contributed by atoms with E-state index < -0.39 is 26.6 Å². The summed E-state index contributed by atoms with van der Waals surface area (Å²) in [5, 5.41) is 2.64. The molecule has 6 nitrogen and oxygen atoms in total. The molecule has 26 heavy (non-hydrogen) atoms. The van der Waals surface area contributed by atoms with Crippen molar-refractivity contribution in [1.82, 2.24) is 4.31 Å². The maximum atomic E-state index is 14.1. The van der Waals surface area contributed by atoms with E-state index in [0.29, 0.717) is 11.4 Å². The summed E-state index contributed by atoms with van der Waals surface area (Å²) in [5.74, 6) is -0.879. The van der Waals surface area contributed by atoms with Gasteiger partial charge in [0.15, 0.2) is 0 Å². The van der Waals surface area contributed by atoms with Crippen LogP contribution in [0.25, 0.3) is 0 Å². The van der Waals surface area contributed by atoms with Crippen LogP contribution < -0.4 is 10.1 Å². The molecule has 0 atom stereocenters. The van der Waals surface area contributed by atoms with Gasteiger partial charge in [-0.1, -0.05) is 19.9 Å². The van der Waals surface area contributed by atoms with Gasteiger partial charge in [-0.2, -0.15) is 4.31 Å². The number of sulfonamides is 1. The fraction of sp³-hybridized carbons (Fsp3) is 0.278. The van der Waals surface area contributed by atoms with Gasteiger partial charge in [-0.25, -0.2) is 12.8 Å². The lowest BCUT2D eigenvalue weighted by atomic mass is 10.2. The summed E-state index contributed by atoms with van der Waals surface area (Å²) in [6, 6.07) is 9.99. The normalized spacial score (nSPS) is 11.4. The summed E-state index contributed by atoms with van der Waals surface area (Å²) < 4.78 is 45.5. The van der Waals surface area contributed by atoms with Gasteiger partial charge in [-0.3, -0.25) is 4.79 Å². The number of halogens is 1. The van der Waals surface area contributed by atoms with Gasteiger partial charge in [0.1, 0.15) is 16.5 Å². The molecule has 0 unspecified atom stereocenters. The number of rotatable bonds is 7. The van der Waals surface area contributed by atoms with Gasteiger partial charge in [0.2, 0.25) is 10.0 Å². The smallest absolute Gasteiger partial charge is 0.255 e. The highest BCUT2D eigenvalue weighted by atomic mass is 32.2. The van der Waals surface area contributed by atoms with Crippen LogP contribution in [-0.4, -0.2) is 38.8 Å². The van der Waals surface area contributed by atoms with Crippen molar-refractivity contribution in [2.24, 2.45) is 0 Å². The molecule has 0 aromatic heterocycles. The standard InChI is InChI=1S/C18H21FN2O4S/c1-4-21(5-2)26(23,24)17-11-13(9-10-16(17)19)18(22)20-14-7-6-8-15(12-14)25-3/h6-12H,4-5H2,1-3H3,(H,20,22). The van der Waals surface area contributed by atoms with Crippen molar-refractivity contribution in [2.45, 2.75) is 18.7 Å². The zero-order valence-electron chi connectivity index (χ0n) is 14.8. The van der Waals surface area contributed by atoms with Gasteiger partial charge in [0.25, 0.3) is 5.91 Å². The minimum Gasteiger partial charge on any atom is -0.497 e. The van der Waals surface area contributed by atoms with E-state index in [9.17, 15) is 17.6 Å². The van der Waals surface area contributed by atoms with Crippen LogP contribution >= 0.6 is 0 Å². The molecule has 0 bridgehead atoms. The molecule has 2 aromatic rings. The Balaban J connectivity index is 2.35. The second-order valence-corrected chi connectivity index (χ2v) is 7.33. The Morgan fingerprint density at radius 2 is 1.85 bits per heavy atom. The van der Waals surface area contributed by atoms with Crippen LogP contribution in [0.15, 0.2) is 47.4 Å². The first kappa shape index (κ1) is 19.9. The topological polar surface area (TPSA) is 75.7 Å². The van der Waals surface area contributed by atoms with Crippen LogP contribution in [0.2, 0.25) is 0 Å². The van der Waals surface area contributed by atoms with Crippen LogP contribution in [0.3, 0.4) is 0 Å². The van der Waals surface area contributed by atoms with E-state index in [-0.39, 0.29) is 18.7 Å². The second kappa shape index (κ2) is 8.29. The van der Waals surface area contributed by atoms with Gasteiger partial charge in [-0.15, -0.1) is 0 Å². The molecule has 1 N–H and O–H groups in total. The third kappa shape index (κ3) is 4.20. The summed E-state index contributed by atoms with van der Waals surface area (Å²) in [5.41, 5.74) is 0.520. The van der Waals surface area contributed by atoms with Gasteiger partial charge in [0.05, 0.1) is 7.11 Å². The number of ether oxygens (including phenoxy) is 1. The van der Waals surface area contributed by atoms with Crippen LogP contribution in [0.4, 0.5) is 10.1 Å². The molecular formula is C18H21FN2O4S. The predicted molar refractivity (Wildman–Crippen MR) is 97.5 cm³/mol. The maximum Gasteiger partial charge on any atom is 0.255 e. The predicted octanol–water partition coefficient (Wildman–Crippen LogP) is 3.12. The minimum atomic E-state index is -4.01. The van der Waals surface area contributed by atoms with Gasteiger partial charge in [0, 0.05) is 30.4 Å². The molecule has 2 aromatic carbocycles. The highest BCUT2D eigenvalue weighted by Gasteiger charge is 2.26. The van der Waals surface area contributed by atoms with Gasteiger partial charge >= 0.3 is 0 Å². The molecule has 0 fully saturated rings. The van der Waals surface area contributed by atoms with E-state index in [1.54, 1.807) is 38.1 Å². The first-order chi connectivity index (χ1) is 12.3. The third-order valence-corrected chi connectivity index (χ3v) is 5.91. The van der Waals surface area contributed by atoms with Gasteiger partial charge in [-0.05, 0) is 30.3 Å². The largest absolute Gasteiger partial charge is 0.497 e. The Labute approximate surface area is 152 Å². The summed E-state index contributed by atoms with van der Waals surface area (Å²) in [6.45, 7) is 3.74. The third-order valence-electron chi connectivity index (χ3n) is 3.84. The quantitative estimate of drug-likeness (QED) is 0.801. The fourth-order valence-electron chi connectivity index (χ4n) is 2.45. The summed E-state index contributed by atoms with van der Waals surface area (Å²) in [6.07, 6.45) is 0. The minimum absolute atomic E-state index is 0.0416. The van der Waals surface area contributed by atoms with Crippen LogP contribution in [0, 0.1) is 5.82 Å². The number of anilines is 1. The molecule has 2 rings (SSSR count). The molecule has 1 amide bonds. The molecule has 0 aliphatic carbocycles. The number of nitrogens with zero attached hydrogens (tertiary/aromatic N) is 1. The van der Waals surface area contributed by atoms with Crippen LogP contribution in [-0.2, 0) is 10.0 Å². The lowest BCUT2D eigenvalue weighted by Crippen LogP contribution is -2.31. The molecule has 140 valence electrons. The number of nitrogens with one attached hydrogen (secondary N) is 1. The van der Waals surface area contributed by atoms with Crippen molar-refractivity contribution < 1.29 is 22.3 Å². The number of carbonyl (C=O) groups is 1. The Morgan fingerprint density at radius 1 is 1.15 bits per heavy atom. The second-order valence-electron chi connectivity index (χ2n) is 5.42. The van der Waals surface area contributed by atoms with E-state index in [1.807, 2.05) is 0 Å². The van der Waals surface area contributed by atoms with E-state index >= 15 is 0 Å². The first-order valence-electron chi connectivity index (χ1n) is 8.08. The number of carbonyl (C=O) groups excluding carboxylic acids is 1. The van der Waals surface area contributed by atoms with Crippen LogP contribution in [0.5, 0.6) is 5.75 Å². The zero-order valence-corrected chi connectivity index (χ0v) is 15.6. The number of methoxy groups -OCH3 is 1. The Bertz CT molecular complexity index is 896. The van der Waals surface area contributed by atoms with Crippen molar-refractivity contribution in [3.8, 4) is 5.75 Å². The summed E-state index contributed by atoms with van der Waals surface area (Å²) in [7, 11) is -2.51. The molecule has 0 aliphatic heterocycles. The Morgan fingerprint density at radius 3 is 2.46 bits per heavy atom. The highest BCUT2D eigenvalue weighted by Crippen LogP contribution is 2.22. The van der Waals surface area contributed by atoms with Crippen LogP contribution in [0.1, 0.15) is 24.2 Å². The average Bonchev–Trinajstić information content (AvgIpc) is 2.62. The SMILES string of the molecule is CCN(CC)S(=O)(=O)c1cc(C(=O)Nc2cccc(OC)c2)ccc1F. The van der Waals surface area contributed by atoms with Crippen molar-refractivity contribution in [3.05, 3.63) is 53.8 Å². The molecule has 0 radical (unpaired) electrons. The lowest BCUT2D eigenvalue weighted by molar-refractivity contribution is 0.102. The highest BCUT2D eigenvalue weighted by molar-refractivity contribution is 7.89. The number of benzene rings is 2. The number of hydrogen-bond acceptors (Lipinski definition) is 4. The van der Waals surface area contributed by atoms with E-state index in [4.69, 9.17) is 4.74 Å². The lowest BCUT2D eigenvalue weighted by Gasteiger charge is -2.19. The summed E-state index contributed by atoms with van der Waals surface area (Å²) in [4.78, 5) is 11.9. The molecule has 0 saturated heterocycles. The summed E-state index contributed by atoms with van der Waals surface area (Å²) >= 11 is 0. The van der Waals surface area contributed by atoms with Crippen molar-refractivity contribution in [2.75, 3.05) is 25.5 Å². The van der Waals surface area contributed by atoms with E-state index in [2.05, 4.69) is 5.32 Å². The monoisotopic (exact) mass is 380 g/mol. The van der Waals surface area contributed by atoms with E-state index in [0.717, 1.165) is 16.4 Å².